The second-order valence-corrected chi connectivity index (χ2v) is 3.93. The van der Waals surface area contributed by atoms with Gasteiger partial charge in [-0.25, -0.2) is 4.98 Å². The Hall–Kier alpha value is -2.03. The molecule has 2 aromatic rings. The molecule has 0 aliphatic rings. The van der Waals surface area contributed by atoms with Crippen LogP contribution in [-0.2, 0) is 0 Å². The molecule has 3 nitrogen and oxygen atoms in total. The molecule has 0 saturated heterocycles. The molecule has 0 saturated carbocycles. The summed E-state index contributed by atoms with van der Waals surface area (Å²) < 4.78 is 0. The van der Waals surface area contributed by atoms with Gasteiger partial charge in [0, 0.05) is 12.2 Å². The minimum atomic E-state index is 0.856. The number of benzene rings is 1. The molecule has 0 amide bonds. The van der Waals surface area contributed by atoms with E-state index in [9.17, 15) is 0 Å². The lowest BCUT2D eigenvalue weighted by atomic mass is 10.2. The highest BCUT2D eigenvalue weighted by Gasteiger charge is 1.97. The number of hydrogen-bond donors (Lipinski definition) is 2. The standard InChI is InChI=1S/C14H17N3/c1-3-15-13-8-5-9-14(17-13)16-12-7-4-6-11(2)10-12/h4-10H,3H2,1-2H3,(H2,15,16,17). The van der Waals surface area contributed by atoms with Gasteiger partial charge in [-0.2, -0.15) is 0 Å². The number of nitrogens with zero attached hydrogens (tertiary/aromatic N) is 1. The van der Waals surface area contributed by atoms with Crippen molar-refractivity contribution in [2.24, 2.45) is 0 Å². The van der Waals surface area contributed by atoms with E-state index in [1.165, 1.54) is 5.56 Å². The first-order valence-electron chi connectivity index (χ1n) is 5.82. The van der Waals surface area contributed by atoms with Crippen LogP contribution in [0, 0.1) is 6.92 Å². The van der Waals surface area contributed by atoms with Crippen LogP contribution in [0.2, 0.25) is 0 Å². The Bertz CT molecular complexity index is 494. The van der Waals surface area contributed by atoms with E-state index in [-0.39, 0.29) is 0 Å². The molecule has 0 fully saturated rings. The molecule has 2 rings (SSSR count). The van der Waals surface area contributed by atoms with E-state index in [0.717, 1.165) is 23.9 Å². The summed E-state index contributed by atoms with van der Waals surface area (Å²) in [6.07, 6.45) is 0. The molecule has 2 N–H and O–H groups in total. The van der Waals surface area contributed by atoms with Gasteiger partial charge in [-0.15, -0.1) is 0 Å². The summed E-state index contributed by atoms with van der Waals surface area (Å²) in [6, 6.07) is 14.2. The Morgan fingerprint density at radius 3 is 2.59 bits per heavy atom. The zero-order valence-corrected chi connectivity index (χ0v) is 10.2. The third-order valence-electron chi connectivity index (χ3n) is 2.40. The maximum atomic E-state index is 4.47. The maximum Gasteiger partial charge on any atom is 0.132 e. The van der Waals surface area contributed by atoms with Crippen molar-refractivity contribution in [3.63, 3.8) is 0 Å². The summed E-state index contributed by atoms with van der Waals surface area (Å²) in [5.41, 5.74) is 2.30. The normalized spacial score (nSPS) is 10.0. The smallest absolute Gasteiger partial charge is 0.132 e. The molecular formula is C14H17N3. The third-order valence-corrected chi connectivity index (χ3v) is 2.40. The zero-order valence-electron chi connectivity index (χ0n) is 10.2. The van der Waals surface area contributed by atoms with Gasteiger partial charge in [-0.05, 0) is 43.7 Å². The average Bonchev–Trinajstić information content (AvgIpc) is 2.30. The molecule has 0 aliphatic carbocycles. The number of aromatic nitrogens is 1. The van der Waals surface area contributed by atoms with Gasteiger partial charge in [-0.1, -0.05) is 18.2 Å². The van der Waals surface area contributed by atoms with Gasteiger partial charge in [0.1, 0.15) is 11.6 Å². The van der Waals surface area contributed by atoms with E-state index in [1.807, 2.05) is 30.3 Å². The predicted octanol–water partition coefficient (Wildman–Crippen LogP) is 3.57. The molecule has 0 spiro atoms. The van der Waals surface area contributed by atoms with Gasteiger partial charge in [0.25, 0.3) is 0 Å². The van der Waals surface area contributed by atoms with Gasteiger partial charge in [0.05, 0.1) is 0 Å². The number of pyridine rings is 1. The quantitative estimate of drug-likeness (QED) is 0.838. The molecule has 1 heterocycles. The van der Waals surface area contributed by atoms with Crippen LogP contribution in [0.5, 0.6) is 0 Å². The molecule has 0 bridgehead atoms. The molecule has 0 radical (unpaired) electrons. The van der Waals surface area contributed by atoms with E-state index in [4.69, 9.17) is 0 Å². The highest BCUT2D eigenvalue weighted by atomic mass is 15.1. The first-order valence-corrected chi connectivity index (χ1v) is 5.82. The molecule has 0 aliphatic heterocycles. The van der Waals surface area contributed by atoms with Crippen LogP contribution < -0.4 is 10.6 Å². The topological polar surface area (TPSA) is 37.0 Å². The van der Waals surface area contributed by atoms with Gasteiger partial charge < -0.3 is 10.6 Å². The van der Waals surface area contributed by atoms with Crippen LogP contribution in [0.3, 0.4) is 0 Å². The summed E-state index contributed by atoms with van der Waals surface area (Å²) in [5, 5.41) is 6.49. The van der Waals surface area contributed by atoms with Gasteiger partial charge in [-0.3, -0.25) is 0 Å². The van der Waals surface area contributed by atoms with Crippen LogP contribution >= 0.6 is 0 Å². The molecule has 3 heteroatoms. The largest absolute Gasteiger partial charge is 0.370 e. The van der Waals surface area contributed by atoms with Crippen molar-refractivity contribution < 1.29 is 0 Å². The van der Waals surface area contributed by atoms with Gasteiger partial charge >= 0.3 is 0 Å². The second kappa shape index (κ2) is 5.34. The molecule has 1 aromatic carbocycles. The molecule has 0 unspecified atom stereocenters. The van der Waals surface area contributed by atoms with Crippen LogP contribution in [0.15, 0.2) is 42.5 Å². The summed E-state index contributed by atoms with van der Waals surface area (Å²) in [4.78, 5) is 4.47. The Morgan fingerprint density at radius 2 is 1.82 bits per heavy atom. The number of rotatable bonds is 4. The Balaban J connectivity index is 2.15. The molecule has 0 atom stereocenters. The van der Waals surface area contributed by atoms with Crippen molar-refractivity contribution in [2.45, 2.75) is 13.8 Å². The lowest BCUT2D eigenvalue weighted by Crippen LogP contribution is -2.01. The SMILES string of the molecule is CCNc1cccc(Nc2cccc(C)c2)n1. The summed E-state index contributed by atoms with van der Waals surface area (Å²) in [6.45, 7) is 5.01. The molecule has 1 aromatic heterocycles. The Morgan fingerprint density at radius 1 is 1.06 bits per heavy atom. The first kappa shape index (κ1) is 11.5. The Kier molecular flexibility index (Phi) is 3.60. The highest BCUT2D eigenvalue weighted by molar-refractivity contribution is 5.58. The van der Waals surface area contributed by atoms with Crippen molar-refractivity contribution in [2.75, 3.05) is 17.2 Å². The van der Waals surface area contributed by atoms with E-state index in [2.05, 4.69) is 41.6 Å². The molecule has 17 heavy (non-hydrogen) atoms. The average molecular weight is 227 g/mol. The van der Waals surface area contributed by atoms with Gasteiger partial charge in [0.2, 0.25) is 0 Å². The number of aryl methyl sites for hydroxylation is 1. The number of nitrogens with one attached hydrogen (secondary N) is 2. The lowest BCUT2D eigenvalue weighted by molar-refractivity contribution is 1.16. The van der Waals surface area contributed by atoms with Crippen molar-refractivity contribution in [3.05, 3.63) is 48.0 Å². The fourth-order valence-electron chi connectivity index (χ4n) is 1.65. The van der Waals surface area contributed by atoms with Crippen LogP contribution in [0.25, 0.3) is 0 Å². The highest BCUT2D eigenvalue weighted by Crippen LogP contribution is 2.17. The minimum absolute atomic E-state index is 0.856. The van der Waals surface area contributed by atoms with E-state index in [1.54, 1.807) is 0 Å². The zero-order chi connectivity index (χ0) is 12.1. The van der Waals surface area contributed by atoms with Crippen molar-refractivity contribution in [1.82, 2.24) is 4.98 Å². The summed E-state index contributed by atoms with van der Waals surface area (Å²) in [7, 11) is 0. The second-order valence-electron chi connectivity index (χ2n) is 3.93. The van der Waals surface area contributed by atoms with Crippen LogP contribution in [0.1, 0.15) is 12.5 Å². The maximum absolute atomic E-state index is 4.47. The van der Waals surface area contributed by atoms with Crippen molar-refractivity contribution in [3.8, 4) is 0 Å². The summed E-state index contributed by atoms with van der Waals surface area (Å²) >= 11 is 0. The van der Waals surface area contributed by atoms with Crippen LogP contribution in [0.4, 0.5) is 17.3 Å². The fraction of sp³-hybridized carbons (Fsp3) is 0.214. The molecule has 88 valence electrons. The summed E-state index contributed by atoms with van der Waals surface area (Å²) in [5.74, 6) is 1.75. The Labute approximate surface area is 102 Å². The minimum Gasteiger partial charge on any atom is -0.370 e. The fourth-order valence-corrected chi connectivity index (χ4v) is 1.65. The van der Waals surface area contributed by atoms with E-state index >= 15 is 0 Å². The van der Waals surface area contributed by atoms with Crippen molar-refractivity contribution in [1.29, 1.82) is 0 Å². The number of hydrogen-bond acceptors (Lipinski definition) is 3. The monoisotopic (exact) mass is 227 g/mol. The van der Waals surface area contributed by atoms with E-state index in [0.29, 0.717) is 0 Å². The third kappa shape index (κ3) is 3.21. The molecular weight excluding hydrogens is 210 g/mol. The van der Waals surface area contributed by atoms with E-state index < -0.39 is 0 Å². The van der Waals surface area contributed by atoms with Crippen LogP contribution in [-0.4, -0.2) is 11.5 Å². The lowest BCUT2D eigenvalue weighted by Gasteiger charge is -2.08. The predicted molar refractivity (Wildman–Crippen MR) is 72.9 cm³/mol. The van der Waals surface area contributed by atoms with Gasteiger partial charge in [0.15, 0.2) is 0 Å². The number of anilines is 3. The van der Waals surface area contributed by atoms with Crippen molar-refractivity contribution >= 4 is 17.3 Å². The first-order chi connectivity index (χ1) is 8.28.